The molecule has 1 aliphatic rings. The summed E-state index contributed by atoms with van der Waals surface area (Å²) >= 11 is 0. The maximum absolute atomic E-state index is 13.5. The quantitative estimate of drug-likeness (QED) is 0.216. The van der Waals surface area contributed by atoms with Crippen LogP contribution in [0, 0.1) is 0 Å². The largest absolute Gasteiger partial charge is 0.357 e. The van der Waals surface area contributed by atoms with Crippen molar-refractivity contribution in [3.05, 3.63) is 30.3 Å². The van der Waals surface area contributed by atoms with Crippen LogP contribution in [0.5, 0.6) is 0 Å². The van der Waals surface area contributed by atoms with E-state index in [1.165, 1.54) is 62.7 Å². The lowest BCUT2D eigenvalue weighted by Gasteiger charge is -2.38. The SMILES string of the molecule is CCCCCCCCN1C(=O)CC(C)(N(CCCCCCCC)c2ccccc2)C1=O. The van der Waals surface area contributed by atoms with Crippen LogP contribution >= 0.6 is 0 Å². The van der Waals surface area contributed by atoms with E-state index in [0.717, 1.165) is 31.5 Å². The third-order valence-corrected chi connectivity index (χ3v) is 6.64. The summed E-state index contributed by atoms with van der Waals surface area (Å²) in [6, 6.07) is 10.2. The number of benzene rings is 1. The molecule has 1 atom stereocenters. The van der Waals surface area contributed by atoms with Crippen LogP contribution in [-0.2, 0) is 9.59 Å². The zero-order valence-corrected chi connectivity index (χ0v) is 20.2. The van der Waals surface area contributed by atoms with Crippen molar-refractivity contribution in [3.63, 3.8) is 0 Å². The van der Waals surface area contributed by atoms with Gasteiger partial charge in [-0.3, -0.25) is 14.5 Å². The van der Waals surface area contributed by atoms with Gasteiger partial charge in [0.05, 0.1) is 6.42 Å². The van der Waals surface area contributed by atoms with Crippen LogP contribution in [0.3, 0.4) is 0 Å². The van der Waals surface area contributed by atoms with Crippen molar-refractivity contribution in [2.75, 3.05) is 18.0 Å². The monoisotopic (exact) mass is 428 g/mol. The lowest BCUT2D eigenvalue weighted by molar-refractivity contribution is -0.139. The highest BCUT2D eigenvalue weighted by atomic mass is 16.2. The van der Waals surface area contributed by atoms with Gasteiger partial charge in [-0.25, -0.2) is 0 Å². The van der Waals surface area contributed by atoms with Crippen LogP contribution < -0.4 is 4.90 Å². The Bertz CT molecular complexity index is 660. The van der Waals surface area contributed by atoms with Gasteiger partial charge >= 0.3 is 0 Å². The van der Waals surface area contributed by atoms with E-state index in [4.69, 9.17) is 0 Å². The van der Waals surface area contributed by atoms with E-state index in [1.54, 1.807) is 0 Å². The predicted octanol–water partition coefficient (Wildman–Crippen LogP) is 6.73. The molecule has 0 aliphatic carbocycles. The fraction of sp³-hybridized carbons (Fsp3) is 0.704. The molecule has 1 saturated heterocycles. The minimum absolute atomic E-state index is 0.00932. The Balaban J connectivity index is 2.01. The number of carbonyl (C=O) groups is 2. The first kappa shape index (κ1) is 25.4. The number of anilines is 1. The van der Waals surface area contributed by atoms with Crippen molar-refractivity contribution < 1.29 is 9.59 Å². The first-order chi connectivity index (χ1) is 15.0. The standard InChI is InChI=1S/C27H44N2O2/c1-4-6-8-10-12-17-21-28-25(30)23-27(3,26(28)31)29(24-19-15-14-16-20-24)22-18-13-11-9-7-5-2/h14-16,19-20H,4-13,17-18,21-23H2,1-3H3. The lowest BCUT2D eigenvalue weighted by Crippen LogP contribution is -2.53. The highest BCUT2D eigenvalue weighted by Crippen LogP contribution is 2.34. The van der Waals surface area contributed by atoms with Crippen LogP contribution in [0.1, 0.15) is 104 Å². The first-order valence-corrected chi connectivity index (χ1v) is 12.7. The van der Waals surface area contributed by atoms with Gasteiger partial charge in [-0.15, -0.1) is 0 Å². The van der Waals surface area contributed by atoms with Crippen molar-refractivity contribution in [1.29, 1.82) is 0 Å². The van der Waals surface area contributed by atoms with Gasteiger partial charge in [0.15, 0.2) is 0 Å². The summed E-state index contributed by atoms with van der Waals surface area (Å²) in [7, 11) is 0. The Kier molecular flexibility index (Phi) is 11.1. The maximum Gasteiger partial charge on any atom is 0.255 e. The average molecular weight is 429 g/mol. The molecule has 174 valence electrons. The Morgan fingerprint density at radius 1 is 0.806 bits per heavy atom. The van der Waals surface area contributed by atoms with E-state index in [9.17, 15) is 9.59 Å². The van der Waals surface area contributed by atoms with Crippen molar-refractivity contribution in [2.24, 2.45) is 0 Å². The third kappa shape index (κ3) is 7.36. The van der Waals surface area contributed by atoms with Gasteiger partial charge in [0.1, 0.15) is 5.54 Å². The molecule has 2 amide bonds. The fourth-order valence-corrected chi connectivity index (χ4v) is 4.68. The van der Waals surface area contributed by atoms with Gasteiger partial charge < -0.3 is 4.90 Å². The average Bonchev–Trinajstić information content (AvgIpc) is 2.99. The number of para-hydroxylation sites is 1. The Morgan fingerprint density at radius 2 is 1.35 bits per heavy atom. The number of amides is 2. The normalized spacial score (nSPS) is 18.7. The molecular weight excluding hydrogens is 384 g/mol. The van der Waals surface area contributed by atoms with Crippen LogP contribution in [0.2, 0.25) is 0 Å². The molecule has 0 N–H and O–H groups in total. The molecule has 4 heteroatoms. The van der Waals surface area contributed by atoms with Gasteiger partial charge in [-0.05, 0) is 31.9 Å². The van der Waals surface area contributed by atoms with Gasteiger partial charge in [0, 0.05) is 18.8 Å². The molecule has 1 heterocycles. The first-order valence-electron chi connectivity index (χ1n) is 12.7. The van der Waals surface area contributed by atoms with Crippen LogP contribution in [0.4, 0.5) is 5.69 Å². The topological polar surface area (TPSA) is 40.6 Å². The second kappa shape index (κ2) is 13.5. The number of nitrogens with zero attached hydrogens (tertiary/aromatic N) is 2. The number of likely N-dealkylation sites (tertiary alicyclic amines) is 1. The molecule has 0 saturated carbocycles. The third-order valence-electron chi connectivity index (χ3n) is 6.64. The summed E-state index contributed by atoms with van der Waals surface area (Å²) in [6.07, 6.45) is 14.5. The number of rotatable bonds is 16. The van der Waals surface area contributed by atoms with Gasteiger partial charge in [-0.1, -0.05) is 96.3 Å². The highest BCUT2D eigenvalue weighted by molar-refractivity contribution is 6.09. The number of imide groups is 1. The molecule has 31 heavy (non-hydrogen) atoms. The van der Waals surface area contributed by atoms with E-state index in [-0.39, 0.29) is 18.2 Å². The van der Waals surface area contributed by atoms with Crippen LogP contribution in [0.25, 0.3) is 0 Å². The number of hydrogen-bond acceptors (Lipinski definition) is 3. The molecule has 1 aliphatic heterocycles. The fourth-order valence-electron chi connectivity index (χ4n) is 4.68. The molecule has 1 aromatic carbocycles. The summed E-state index contributed by atoms with van der Waals surface area (Å²) in [4.78, 5) is 30.0. The molecule has 0 radical (unpaired) electrons. The van der Waals surface area contributed by atoms with Crippen LogP contribution in [0.15, 0.2) is 30.3 Å². The predicted molar refractivity (Wildman–Crippen MR) is 130 cm³/mol. The smallest absolute Gasteiger partial charge is 0.255 e. The lowest BCUT2D eigenvalue weighted by atomic mass is 9.95. The molecule has 0 bridgehead atoms. The van der Waals surface area contributed by atoms with Crippen molar-refractivity contribution in [2.45, 2.75) is 110 Å². The highest BCUT2D eigenvalue weighted by Gasteiger charge is 2.51. The molecule has 4 nitrogen and oxygen atoms in total. The van der Waals surface area contributed by atoms with Crippen molar-refractivity contribution in [3.8, 4) is 0 Å². The van der Waals surface area contributed by atoms with E-state index in [0.29, 0.717) is 6.54 Å². The second-order valence-electron chi connectivity index (χ2n) is 9.32. The molecule has 2 rings (SSSR count). The van der Waals surface area contributed by atoms with E-state index >= 15 is 0 Å². The summed E-state index contributed by atoms with van der Waals surface area (Å²) < 4.78 is 0. The summed E-state index contributed by atoms with van der Waals surface area (Å²) in [5, 5.41) is 0. The van der Waals surface area contributed by atoms with E-state index in [2.05, 4.69) is 30.9 Å². The minimum Gasteiger partial charge on any atom is -0.357 e. The van der Waals surface area contributed by atoms with Crippen molar-refractivity contribution in [1.82, 2.24) is 4.90 Å². The summed E-state index contributed by atoms with van der Waals surface area (Å²) in [6.45, 7) is 7.80. The van der Waals surface area contributed by atoms with Crippen LogP contribution in [-0.4, -0.2) is 35.3 Å². The molecule has 1 unspecified atom stereocenters. The molecular formula is C27H44N2O2. The van der Waals surface area contributed by atoms with Gasteiger partial charge in [0.25, 0.3) is 5.91 Å². The zero-order valence-electron chi connectivity index (χ0n) is 20.2. The zero-order chi connectivity index (χ0) is 22.5. The van der Waals surface area contributed by atoms with E-state index < -0.39 is 5.54 Å². The number of unbranched alkanes of at least 4 members (excludes halogenated alkanes) is 10. The molecule has 0 spiro atoms. The summed E-state index contributed by atoms with van der Waals surface area (Å²) in [5.74, 6) is -0.0224. The van der Waals surface area contributed by atoms with Gasteiger partial charge in [0.2, 0.25) is 5.91 Å². The molecule has 1 fully saturated rings. The van der Waals surface area contributed by atoms with Crippen molar-refractivity contribution >= 4 is 17.5 Å². The maximum atomic E-state index is 13.5. The number of carbonyl (C=O) groups excluding carboxylic acids is 2. The minimum atomic E-state index is -0.774. The molecule has 1 aromatic rings. The Hall–Kier alpha value is -1.84. The van der Waals surface area contributed by atoms with E-state index in [1.807, 2.05) is 25.1 Å². The number of hydrogen-bond donors (Lipinski definition) is 0. The Labute approximate surface area is 190 Å². The van der Waals surface area contributed by atoms with Gasteiger partial charge in [-0.2, -0.15) is 0 Å². The second-order valence-corrected chi connectivity index (χ2v) is 9.32. The Morgan fingerprint density at radius 3 is 1.97 bits per heavy atom. The molecule has 0 aromatic heterocycles. The summed E-state index contributed by atoms with van der Waals surface area (Å²) in [5.41, 5.74) is 0.269.